The Labute approximate surface area is 145 Å². The van der Waals surface area contributed by atoms with Crippen LogP contribution < -0.4 is 15.5 Å². The van der Waals surface area contributed by atoms with Crippen LogP contribution in [0, 0.1) is 6.92 Å². The number of rotatable bonds is 5. The van der Waals surface area contributed by atoms with Crippen molar-refractivity contribution in [2.24, 2.45) is 5.10 Å². The van der Waals surface area contributed by atoms with Crippen molar-refractivity contribution in [1.82, 2.24) is 10.4 Å². The van der Waals surface area contributed by atoms with Crippen LogP contribution in [0.3, 0.4) is 0 Å². The molecule has 0 aliphatic heterocycles. The highest BCUT2D eigenvalue weighted by Gasteiger charge is 2.09. The third kappa shape index (κ3) is 4.18. The number of benzene rings is 1. The van der Waals surface area contributed by atoms with Crippen LogP contribution in [0.25, 0.3) is 0 Å². The van der Waals surface area contributed by atoms with Gasteiger partial charge in [-0.2, -0.15) is 5.10 Å². The van der Waals surface area contributed by atoms with Crippen LogP contribution in [0.15, 0.2) is 35.6 Å². The molecule has 0 bridgehead atoms. The first-order chi connectivity index (χ1) is 11.6. The molecule has 126 valence electrons. The van der Waals surface area contributed by atoms with E-state index < -0.39 is 0 Å². The summed E-state index contributed by atoms with van der Waals surface area (Å²) in [6.07, 6.45) is 2.87. The molecule has 2 aromatic rings. The fourth-order valence-corrected chi connectivity index (χ4v) is 2.14. The molecule has 8 heteroatoms. The number of nitrogens with one attached hydrogen (secondary N) is 2. The van der Waals surface area contributed by atoms with Gasteiger partial charge in [-0.25, -0.2) is 0 Å². The lowest BCUT2D eigenvalue weighted by Gasteiger charge is -2.11. The second-order valence-corrected chi connectivity index (χ2v) is 5.22. The number of ether oxygens (including phenoxy) is 1. The Bertz CT molecular complexity index is 765. The van der Waals surface area contributed by atoms with E-state index in [1.54, 1.807) is 20.1 Å². The highest BCUT2D eigenvalue weighted by atomic mass is 32.1. The monoisotopic (exact) mass is 346 g/mol. The molecule has 0 saturated carbocycles. The van der Waals surface area contributed by atoms with E-state index in [0.29, 0.717) is 28.3 Å². The van der Waals surface area contributed by atoms with E-state index in [-0.39, 0.29) is 17.5 Å². The fraction of sp³-hybridized carbons (Fsp3) is 0.188. The average Bonchev–Trinajstić information content (AvgIpc) is 2.59. The molecule has 0 aliphatic carbocycles. The van der Waals surface area contributed by atoms with Gasteiger partial charge in [0.2, 0.25) is 0 Å². The highest BCUT2D eigenvalue weighted by Crippen LogP contribution is 2.23. The Morgan fingerprint density at radius 1 is 1.42 bits per heavy atom. The number of hydrogen-bond donors (Lipinski definition) is 4. The molecule has 0 atom stereocenters. The van der Waals surface area contributed by atoms with Crippen LogP contribution in [0.4, 0.5) is 5.69 Å². The van der Waals surface area contributed by atoms with Gasteiger partial charge >= 0.3 is 0 Å². The summed E-state index contributed by atoms with van der Waals surface area (Å²) < 4.78 is 5.22. The maximum Gasteiger partial charge on any atom is 0.191 e. The number of aliphatic hydroxyl groups is 1. The third-order valence-corrected chi connectivity index (χ3v) is 3.44. The minimum Gasteiger partial charge on any atom is -0.505 e. The zero-order chi connectivity index (χ0) is 17.5. The van der Waals surface area contributed by atoms with E-state index in [1.165, 1.54) is 12.4 Å². The van der Waals surface area contributed by atoms with Gasteiger partial charge in [-0.3, -0.25) is 10.4 Å². The van der Waals surface area contributed by atoms with E-state index in [0.717, 1.165) is 0 Å². The summed E-state index contributed by atoms with van der Waals surface area (Å²) in [4.78, 5) is 3.98. The van der Waals surface area contributed by atoms with Gasteiger partial charge < -0.3 is 20.3 Å². The SMILES string of the molecule is COc1ccccc1NC(=S)N/N=C/c1c(CO)cnc(C)c1O. The minimum atomic E-state index is -0.258. The molecule has 1 aromatic heterocycles. The molecule has 0 unspecified atom stereocenters. The van der Waals surface area contributed by atoms with E-state index in [2.05, 4.69) is 20.8 Å². The quantitative estimate of drug-likeness (QED) is 0.373. The first-order valence-corrected chi connectivity index (χ1v) is 7.49. The lowest BCUT2D eigenvalue weighted by molar-refractivity contribution is 0.280. The average molecular weight is 346 g/mol. The number of aryl methyl sites for hydroxylation is 1. The van der Waals surface area contributed by atoms with Gasteiger partial charge in [0.25, 0.3) is 0 Å². The summed E-state index contributed by atoms with van der Waals surface area (Å²) in [5.74, 6) is 0.617. The molecule has 2 rings (SSSR count). The second-order valence-electron chi connectivity index (χ2n) is 4.81. The van der Waals surface area contributed by atoms with Crippen LogP contribution in [0.1, 0.15) is 16.8 Å². The van der Waals surface area contributed by atoms with Crippen LogP contribution in [-0.2, 0) is 6.61 Å². The van der Waals surface area contributed by atoms with Gasteiger partial charge in [-0.05, 0) is 31.3 Å². The van der Waals surface area contributed by atoms with E-state index in [9.17, 15) is 10.2 Å². The van der Waals surface area contributed by atoms with E-state index >= 15 is 0 Å². The van der Waals surface area contributed by atoms with Crippen LogP contribution in [0.2, 0.25) is 0 Å². The first kappa shape index (κ1) is 17.6. The number of nitrogens with zero attached hydrogens (tertiary/aromatic N) is 2. The second kappa shape index (κ2) is 8.23. The Kier molecular flexibility index (Phi) is 6.05. The Balaban J connectivity index is 2.07. The van der Waals surface area contributed by atoms with Crippen LogP contribution in [-0.4, -0.2) is 33.6 Å². The fourth-order valence-electron chi connectivity index (χ4n) is 1.98. The summed E-state index contributed by atoms with van der Waals surface area (Å²) >= 11 is 5.16. The molecular weight excluding hydrogens is 328 g/mol. The molecule has 0 fully saturated rings. The molecule has 0 spiro atoms. The van der Waals surface area contributed by atoms with Crippen LogP contribution >= 0.6 is 12.2 Å². The number of hydrogen-bond acceptors (Lipinski definition) is 6. The summed E-state index contributed by atoms with van der Waals surface area (Å²) in [5.41, 5.74) is 4.65. The number of pyridine rings is 1. The van der Waals surface area contributed by atoms with Gasteiger partial charge in [0.15, 0.2) is 5.11 Å². The number of aromatic nitrogens is 1. The lowest BCUT2D eigenvalue weighted by atomic mass is 10.1. The first-order valence-electron chi connectivity index (χ1n) is 7.08. The number of para-hydroxylation sites is 2. The number of methoxy groups -OCH3 is 1. The van der Waals surface area contributed by atoms with Crippen molar-refractivity contribution >= 4 is 29.2 Å². The van der Waals surface area contributed by atoms with Crippen molar-refractivity contribution in [3.05, 3.63) is 47.3 Å². The molecule has 1 heterocycles. The molecule has 0 amide bonds. The van der Waals surface area contributed by atoms with Crippen molar-refractivity contribution in [1.29, 1.82) is 0 Å². The molecule has 0 radical (unpaired) electrons. The molecule has 1 aromatic carbocycles. The van der Waals surface area contributed by atoms with Gasteiger partial charge in [0, 0.05) is 17.3 Å². The summed E-state index contributed by atoms with van der Waals surface area (Å²) in [6.45, 7) is 1.40. The predicted octanol–water partition coefficient (Wildman–Crippen LogP) is 1.92. The highest BCUT2D eigenvalue weighted by molar-refractivity contribution is 7.80. The smallest absolute Gasteiger partial charge is 0.191 e. The van der Waals surface area contributed by atoms with Gasteiger partial charge in [-0.1, -0.05) is 12.1 Å². The molecule has 0 saturated heterocycles. The number of aliphatic hydroxyl groups excluding tert-OH is 1. The largest absolute Gasteiger partial charge is 0.505 e. The predicted molar refractivity (Wildman–Crippen MR) is 96.5 cm³/mol. The molecule has 0 aliphatic rings. The maximum atomic E-state index is 10.0. The van der Waals surface area contributed by atoms with E-state index in [1.807, 2.05) is 18.2 Å². The zero-order valence-corrected chi connectivity index (χ0v) is 14.1. The van der Waals surface area contributed by atoms with Crippen molar-refractivity contribution in [3.63, 3.8) is 0 Å². The van der Waals surface area contributed by atoms with Gasteiger partial charge in [-0.15, -0.1) is 0 Å². The summed E-state index contributed by atoms with van der Waals surface area (Å²) in [7, 11) is 1.57. The standard InChI is InChI=1S/C16H18N4O3S/c1-10-15(22)12(11(9-21)7-17-10)8-18-20-16(24)19-13-5-3-4-6-14(13)23-2/h3-8,21-22H,9H2,1-2H3,(H2,19,20,24)/b18-8+. The molecular formula is C16H18N4O3S. The number of hydrazone groups is 1. The van der Waals surface area contributed by atoms with Crippen molar-refractivity contribution < 1.29 is 14.9 Å². The van der Waals surface area contributed by atoms with Gasteiger partial charge in [0.05, 0.1) is 31.3 Å². The van der Waals surface area contributed by atoms with E-state index in [4.69, 9.17) is 17.0 Å². The summed E-state index contributed by atoms with van der Waals surface area (Å²) in [6, 6.07) is 7.32. The van der Waals surface area contributed by atoms with Crippen molar-refractivity contribution in [2.45, 2.75) is 13.5 Å². The van der Waals surface area contributed by atoms with Crippen LogP contribution in [0.5, 0.6) is 11.5 Å². The molecule has 24 heavy (non-hydrogen) atoms. The Hall–Kier alpha value is -2.71. The molecule has 7 nitrogen and oxygen atoms in total. The maximum absolute atomic E-state index is 10.0. The number of anilines is 1. The van der Waals surface area contributed by atoms with Crippen molar-refractivity contribution in [2.75, 3.05) is 12.4 Å². The zero-order valence-electron chi connectivity index (χ0n) is 13.3. The minimum absolute atomic E-state index is 0.0318. The topological polar surface area (TPSA) is 99.0 Å². The molecule has 4 N–H and O–H groups in total. The number of aromatic hydroxyl groups is 1. The lowest BCUT2D eigenvalue weighted by Crippen LogP contribution is -2.24. The summed E-state index contributed by atoms with van der Waals surface area (Å²) in [5, 5.41) is 26.5. The normalized spacial score (nSPS) is 10.6. The van der Waals surface area contributed by atoms with Gasteiger partial charge in [0.1, 0.15) is 11.5 Å². The Morgan fingerprint density at radius 3 is 2.88 bits per heavy atom. The van der Waals surface area contributed by atoms with Crippen molar-refractivity contribution in [3.8, 4) is 11.5 Å². The third-order valence-electron chi connectivity index (χ3n) is 3.24. The Morgan fingerprint density at radius 2 is 2.17 bits per heavy atom. The number of thiocarbonyl (C=S) groups is 1.